The molecule has 1 aromatic carbocycles. The van der Waals surface area contributed by atoms with Crippen molar-refractivity contribution in [3.8, 4) is 6.07 Å². The standard InChI is InChI=1S/C15H14BFN2O5/c1-15(2)6-22-16(23-7-15)9-3-4-10(17)12-11(9)8(5-18)13(24-12)19-14(20)21/h3-4,19H,6-7H2,1-2H3,(H,20,21). The van der Waals surface area contributed by atoms with Gasteiger partial charge in [0.2, 0.25) is 5.88 Å². The highest BCUT2D eigenvalue weighted by Crippen LogP contribution is 2.31. The van der Waals surface area contributed by atoms with Crippen molar-refractivity contribution in [2.75, 3.05) is 18.5 Å². The van der Waals surface area contributed by atoms with Crippen molar-refractivity contribution < 1.29 is 28.0 Å². The van der Waals surface area contributed by atoms with Gasteiger partial charge in [-0.05, 0) is 11.5 Å². The zero-order valence-corrected chi connectivity index (χ0v) is 13.1. The molecule has 0 bridgehead atoms. The summed E-state index contributed by atoms with van der Waals surface area (Å²) >= 11 is 0. The Labute approximate surface area is 137 Å². The highest BCUT2D eigenvalue weighted by Gasteiger charge is 2.36. The number of anilines is 1. The zero-order chi connectivity index (χ0) is 17.5. The van der Waals surface area contributed by atoms with E-state index in [0.717, 1.165) is 0 Å². The normalized spacial score (nSPS) is 16.8. The van der Waals surface area contributed by atoms with E-state index in [-0.39, 0.29) is 27.8 Å². The predicted octanol–water partition coefficient (Wildman–Crippen LogP) is 2.30. The highest BCUT2D eigenvalue weighted by atomic mass is 19.1. The molecule has 3 rings (SSSR count). The second kappa shape index (κ2) is 5.81. The smallest absolute Gasteiger partial charge is 0.465 e. The quantitative estimate of drug-likeness (QED) is 0.818. The molecule has 2 N–H and O–H groups in total. The Balaban J connectivity index is 2.12. The number of hydrogen-bond donors (Lipinski definition) is 2. The molecule has 1 aromatic heterocycles. The van der Waals surface area contributed by atoms with Gasteiger partial charge in [-0.25, -0.2) is 9.18 Å². The number of fused-ring (bicyclic) bond motifs is 1. The van der Waals surface area contributed by atoms with E-state index in [4.69, 9.17) is 18.8 Å². The molecule has 0 unspecified atom stereocenters. The van der Waals surface area contributed by atoms with Crippen molar-refractivity contribution in [2.24, 2.45) is 5.41 Å². The van der Waals surface area contributed by atoms with E-state index < -0.39 is 19.0 Å². The van der Waals surface area contributed by atoms with Crippen LogP contribution in [-0.4, -0.2) is 31.5 Å². The van der Waals surface area contributed by atoms with Crippen LogP contribution in [-0.2, 0) is 9.31 Å². The van der Waals surface area contributed by atoms with E-state index in [9.17, 15) is 14.4 Å². The van der Waals surface area contributed by atoms with Gasteiger partial charge in [0.25, 0.3) is 0 Å². The van der Waals surface area contributed by atoms with Crippen LogP contribution in [0.15, 0.2) is 16.5 Å². The molecular formula is C15H14BFN2O5. The van der Waals surface area contributed by atoms with Crippen molar-refractivity contribution in [3.63, 3.8) is 0 Å². The lowest BCUT2D eigenvalue weighted by Gasteiger charge is -2.33. The molecule has 1 aliphatic heterocycles. The topological polar surface area (TPSA) is 105 Å². The molecule has 1 saturated heterocycles. The summed E-state index contributed by atoms with van der Waals surface area (Å²) in [5, 5.41) is 20.3. The molecule has 24 heavy (non-hydrogen) atoms. The van der Waals surface area contributed by atoms with Gasteiger partial charge in [-0.1, -0.05) is 19.9 Å². The molecule has 0 aliphatic carbocycles. The van der Waals surface area contributed by atoms with E-state index in [1.807, 2.05) is 25.2 Å². The lowest BCUT2D eigenvalue weighted by Crippen LogP contribution is -2.47. The van der Waals surface area contributed by atoms with Crippen molar-refractivity contribution in [2.45, 2.75) is 13.8 Å². The van der Waals surface area contributed by atoms with Crippen LogP contribution in [0.5, 0.6) is 0 Å². The molecule has 7 nitrogen and oxygen atoms in total. The molecule has 1 amide bonds. The van der Waals surface area contributed by atoms with E-state index >= 15 is 0 Å². The molecule has 1 aliphatic rings. The van der Waals surface area contributed by atoms with Crippen LogP contribution < -0.4 is 10.8 Å². The van der Waals surface area contributed by atoms with Crippen LogP contribution in [0, 0.1) is 22.6 Å². The first kappa shape index (κ1) is 16.3. The van der Waals surface area contributed by atoms with Gasteiger partial charge < -0.3 is 18.8 Å². The fourth-order valence-corrected chi connectivity index (χ4v) is 2.56. The Kier molecular flexibility index (Phi) is 3.95. The SMILES string of the molecule is CC1(C)COB(c2ccc(F)c3oc(NC(=O)O)c(C#N)c23)OC1. The minimum atomic E-state index is -1.42. The summed E-state index contributed by atoms with van der Waals surface area (Å²) in [6.07, 6.45) is -1.42. The first-order chi connectivity index (χ1) is 11.3. The number of halogens is 1. The van der Waals surface area contributed by atoms with Gasteiger partial charge in [-0.3, -0.25) is 5.32 Å². The summed E-state index contributed by atoms with van der Waals surface area (Å²) in [4.78, 5) is 10.8. The molecule has 1 fully saturated rings. The van der Waals surface area contributed by atoms with E-state index in [0.29, 0.717) is 18.7 Å². The maximum absolute atomic E-state index is 14.1. The molecule has 0 saturated carbocycles. The number of benzene rings is 1. The highest BCUT2D eigenvalue weighted by molar-refractivity contribution is 6.64. The summed E-state index contributed by atoms with van der Waals surface area (Å²) in [6, 6.07) is 4.46. The summed E-state index contributed by atoms with van der Waals surface area (Å²) < 4.78 is 30.6. The average Bonchev–Trinajstić information content (AvgIpc) is 2.86. The van der Waals surface area contributed by atoms with Gasteiger partial charge in [-0.15, -0.1) is 0 Å². The molecule has 124 valence electrons. The van der Waals surface area contributed by atoms with Crippen molar-refractivity contribution >= 4 is 35.5 Å². The summed E-state index contributed by atoms with van der Waals surface area (Å²) in [5.74, 6) is -1.04. The van der Waals surface area contributed by atoms with Crippen LogP contribution in [0.3, 0.4) is 0 Å². The summed E-state index contributed by atoms with van der Waals surface area (Å²) in [5.41, 5.74) is -0.0652. The maximum atomic E-state index is 14.1. The third-order valence-electron chi connectivity index (χ3n) is 3.66. The van der Waals surface area contributed by atoms with Crippen molar-refractivity contribution in [1.82, 2.24) is 0 Å². The monoisotopic (exact) mass is 332 g/mol. The first-order valence-electron chi connectivity index (χ1n) is 7.20. The Bertz CT molecular complexity index is 848. The third kappa shape index (κ3) is 2.82. The zero-order valence-electron chi connectivity index (χ0n) is 13.1. The Morgan fingerprint density at radius 2 is 2.08 bits per heavy atom. The number of nitrogens with one attached hydrogen (secondary N) is 1. The fourth-order valence-electron chi connectivity index (χ4n) is 2.56. The van der Waals surface area contributed by atoms with Gasteiger partial charge in [0, 0.05) is 24.0 Å². The number of carboxylic acid groups (broad SMARTS) is 1. The number of hydrogen-bond acceptors (Lipinski definition) is 5. The van der Waals surface area contributed by atoms with Gasteiger partial charge >= 0.3 is 13.2 Å². The van der Waals surface area contributed by atoms with Crippen molar-refractivity contribution in [3.05, 3.63) is 23.5 Å². The van der Waals surface area contributed by atoms with E-state index in [2.05, 4.69) is 0 Å². The number of carbonyl (C=O) groups is 1. The molecule has 0 spiro atoms. The number of rotatable bonds is 2. The van der Waals surface area contributed by atoms with Crippen LogP contribution in [0.1, 0.15) is 19.4 Å². The van der Waals surface area contributed by atoms with Gasteiger partial charge in [-0.2, -0.15) is 5.26 Å². The first-order valence-corrected chi connectivity index (χ1v) is 7.20. The summed E-state index contributed by atoms with van der Waals surface area (Å²) in [6.45, 7) is 4.82. The van der Waals surface area contributed by atoms with Gasteiger partial charge in [0.05, 0.1) is 0 Å². The average molecular weight is 332 g/mol. The number of nitriles is 1. The van der Waals surface area contributed by atoms with Crippen LogP contribution in [0.2, 0.25) is 0 Å². The Hall–Kier alpha value is -2.57. The Morgan fingerprint density at radius 1 is 1.42 bits per heavy atom. The maximum Gasteiger partial charge on any atom is 0.494 e. The molecule has 0 atom stereocenters. The number of amides is 1. The van der Waals surface area contributed by atoms with Crippen LogP contribution in [0.4, 0.5) is 15.1 Å². The predicted molar refractivity (Wildman–Crippen MR) is 83.6 cm³/mol. The molecule has 2 aromatic rings. The lowest BCUT2D eigenvalue weighted by atomic mass is 9.73. The van der Waals surface area contributed by atoms with E-state index in [1.54, 1.807) is 0 Å². The molecule has 0 radical (unpaired) electrons. The minimum Gasteiger partial charge on any atom is -0.465 e. The fraction of sp³-hybridized carbons (Fsp3) is 0.333. The van der Waals surface area contributed by atoms with E-state index in [1.165, 1.54) is 12.1 Å². The van der Waals surface area contributed by atoms with Crippen LogP contribution >= 0.6 is 0 Å². The van der Waals surface area contributed by atoms with Crippen LogP contribution in [0.25, 0.3) is 11.0 Å². The summed E-state index contributed by atoms with van der Waals surface area (Å²) in [7, 11) is -0.788. The second-order valence-electron chi connectivity index (χ2n) is 6.31. The molecule has 9 heteroatoms. The Morgan fingerprint density at radius 3 is 2.67 bits per heavy atom. The number of nitrogens with zero attached hydrogens (tertiary/aromatic N) is 1. The second-order valence-corrected chi connectivity index (χ2v) is 6.31. The minimum absolute atomic E-state index is 0.112. The number of furan rings is 1. The van der Waals surface area contributed by atoms with Crippen molar-refractivity contribution in [1.29, 1.82) is 5.26 Å². The molecular weight excluding hydrogens is 318 g/mol. The van der Waals surface area contributed by atoms with Gasteiger partial charge in [0.1, 0.15) is 11.6 Å². The largest absolute Gasteiger partial charge is 0.494 e. The third-order valence-corrected chi connectivity index (χ3v) is 3.66. The molecule has 2 heterocycles. The lowest BCUT2D eigenvalue weighted by molar-refractivity contribution is 0.0344. The van der Waals surface area contributed by atoms with Gasteiger partial charge in [0.15, 0.2) is 11.4 Å².